The molecule has 1 heterocycles. The molecule has 0 atom stereocenters. The van der Waals surface area contributed by atoms with Gasteiger partial charge >= 0.3 is 0 Å². The van der Waals surface area contributed by atoms with Crippen molar-refractivity contribution in [1.29, 1.82) is 5.41 Å². The first-order valence-electron chi connectivity index (χ1n) is 6.29. The molecule has 4 nitrogen and oxygen atoms in total. The summed E-state index contributed by atoms with van der Waals surface area (Å²) < 4.78 is 0. The van der Waals surface area contributed by atoms with Crippen LogP contribution in [0.5, 0.6) is 0 Å². The maximum absolute atomic E-state index is 8.14. The summed E-state index contributed by atoms with van der Waals surface area (Å²) in [5.41, 5.74) is 0.764. The van der Waals surface area contributed by atoms with Gasteiger partial charge in [0.25, 0.3) is 0 Å². The van der Waals surface area contributed by atoms with Crippen molar-refractivity contribution in [2.45, 2.75) is 19.9 Å². The van der Waals surface area contributed by atoms with Crippen LogP contribution < -0.4 is 5.32 Å². The van der Waals surface area contributed by atoms with Crippen molar-refractivity contribution >= 4 is 52.2 Å². The van der Waals surface area contributed by atoms with Crippen LogP contribution in [0, 0.1) is 5.41 Å². The maximum Gasteiger partial charge on any atom is 0.200 e. The molecule has 1 fully saturated rings. The van der Waals surface area contributed by atoms with E-state index in [4.69, 9.17) is 40.8 Å². The minimum Gasteiger partial charge on any atom is -0.338 e. The van der Waals surface area contributed by atoms with Crippen molar-refractivity contribution in [2.24, 2.45) is 0 Å². The molecule has 1 aliphatic heterocycles. The lowest BCUT2D eigenvalue weighted by molar-refractivity contribution is 0.382. The van der Waals surface area contributed by atoms with Gasteiger partial charge < -0.3 is 10.2 Å². The largest absolute Gasteiger partial charge is 0.338 e. The van der Waals surface area contributed by atoms with E-state index < -0.39 is 0 Å². The second-order valence-corrected chi connectivity index (χ2v) is 6.02. The Labute approximate surface area is 134 Å². The molecule has 1 aliphatic rings. The lowest BCUT2D eigenvalue weighted by Crippen LogP contribution is -2.41. The number of guanidine groups is 1. The molecule has 0 saturated carbocycles. The summed E-state index contributed by atoms with van der Waals surface area (Å²) in [6.07, 6.45) is 0. The highest BCUT2D eigenvalue weighted by molar-refractivity contribution is 7.80. The van der Waals surface area contributed by atoms with E-state index in [1.165, 1.54) is 0 Å². The van der Waals surface area contributed by atoms with Crippen molar-refractivity contribution in [1.82, 2.24) is 9.80 Å². The van der Waals surface area contributed by atoms with Crippen LogP contribution in [-0.2, 0) is 0 Å². The van der Waals surface area contributed by atoms with E-state index >= 15 is 0 Å². The number of hydrogen-bond donors (Lipinski definition) is 2. The fraction of sp³-hybridized carbons (Fsp3) is 0.385. The molecule has 20 heavy (non-hydrogen) atoms. The van der Waals surface area contributed by atoms with Gasteiger partial charge in [0.1, 0.15) is 0 Å². The number of anilines is 1. The lowest BCUT2D eigenvalue weighted by Gasteiger charge is -2.25. The minimum atomic E-state index is 0.292. The average molecular weight is 331 g/mol. The quantitative estimate of drug-likeness (QED) is 0.812. The van der Waals surface area contributed by atoms with E-state index in [9.17, 15) is 0 Å². The predicted molar refractivity (Wildman–Crippen MR) is 89.0 cm³/mol. The number of hydrogen-bond acceptors (Lipinski definition) is 2. The zero-order chi connectivity index (χ0) is 14.9. The molecule has 0 aliphatic carbocycles. The highest BCUT2D eigenvalue weighted by atomic mass is 35.5. The van der Waals surface area contributed by atoms with E-state index in [-0.39, 0.29) is 0 Å². The lowest BCUT2D eigenvalue weighted by atomic mass is 10.3. The summed E-state index contributed by atoms with van der Waals surface area (Å²) in [5.74, 6) is 0.428. The molecule has 0 aromatic heterocycles. The topological polar surface area (TPSA) is 42.4 Å². The van der Waals surface area contributed by atoms with E-state index in [1.54, 1.807) is 23.1 Å². The molecule has 1 saturated heterocycles. The van der Waals surface area contributed by atoms with E-state index in [1.807, 2.05) is 4.90 Å². The molecule has 0 unspecified atom stereocenters. The zero-order valence-corrected chi connectivity index (χ0v) is 13.6. The number of nitrogens with one attached hydrogen (secondary N) is 2. The van der Waals surface area contributed by atoms with Crippen LogP contribution in [0.1, 0.15) is 13.8 Å². The molecular formula is C13H16Cl2N4S. The molecule has 1 aromatic rings. The molecule has 108 valence electrons. The first-order valence-corrected chi connectivity index (χ1v) is 7.45. The summed E-state index contributed by atoms with van der Waals surface area (Å²) in [5, 5.41) is 12.7. The first-order chi connectivity index (χ1) is 9.40. The smallest absolute Gasteiger partial charge is 0.200 e. The van der Waals surface area contributed by atoms with Gasteiger partial charge in [-0.1, -0.05) is 23.2 Å². The van der Waals surface area contributed by atoms with Gasteiger partial charge in [-0.3, -0.25) is 10.3 Å². The zero-order valence-electron chi connectivity index (χ0n) is 11.3. The van der Waals surface area contributed by atoms with Gasteiger partial charge in [0.15, 0.2) is 11.1 Å². The van der Waals surface area contributed by atoms with Crippen LogP contribution in [0.4, 0.5) is 5.69 Å². The van der Waals surface area contributed by atoms with Crippen LogP contribution >= 0.6 is 35.4 Å². The summed E-state index contributed by atoms with van der Waals surface area (Å²) in [6.45, 7) is 5.64. The van der Waals surface area contributed by atoms with E-state index in [0.717, 1.165) is 12.2 Å². The Morgan fingerprint density at radius 1 is 1.30 bits per heavy atom. The molecule has 7 heteroatoms. The highest BCUT2D eigenvalue weighted by Crippen LogP contribution is 2.25. The van der Waals surface area contributed by atoms with Crippen molar-refractivity contribution in [3.63, 3.8) is 0 Å². The number of nitrogens with zero attached hydrogens (tertiary/aromatic N) is 2. The van der Waals surface area contributed by atoms with Crippen molar-refractivity contribution in [2.75, 3.05) is 18.4 Å². The molecule has 0 bridgehead atoms. The summed E-state index contributed by atoms with van der Waals surface area (Å²) in [6, 6.07) is 5.53. The number of benzene rings is 1. The molecule has 0 amide bonds. The van der Waals surface area contributed by atoms with Crippen molar-refractivity contribution in [3.05, 3.63) is 28.2 Å². The number of halogens is 2. The maximum atomic E-state index is 8.14. The first kappa shape index (κ1) is 15.4. The molecular weight excluding hydrogens is 315 g/mol. The molecule has 2 N–H and O–H groups in total. The van der Waals surface area contributed by atoms with Crippen LogP contribution in [0.15, 0.2) is 18.2 Å². The Morgan fingerprint density at radius 2 is 2.00 bits per heavy atom. The molecule has 0 spiro atoms. The number of rotatable bonds is 2. The van der Waals surface area contributed by atoms with Crippen LogP contribution in [0.2, 0.25) is 10.0 Å². The Balaban J connectivity index is 2.05. The predicted octanol–water partition coefficient (Wildman–Crippen LogP) is 3.65. The Hall–Kier alpha value is -1.04. The van der Waals surface area contributed by atoms with Gasteiger partial charge in [-0.25, -0.2) is 0 Å². The number of thiocarbonyl (C=S) groups is 1. The fourth-order valence-corrected chi connectivity index (χ4v) is 2.63. The van der Waals surface area contributed by atoms with Crippen molar-refractivity contribution < 1.29 is 0 Å². The van der Waals surface area contributed by atoms with Gasteiger partial charge in [0, 0.05) is 24.8 Å². The Bertz CT molecular complexity index is 547. The molecule has 0 radical (unpaired) electrons. The third-order valence-corrected chi connectivity index (χ3v) is 4.19. The Morgan fingerprint density at radius 3 is 2.55 bits per heavy atom. The van der Waals surface area contributed by atoms with Gasteiger partial charge in [-0.2, -0.15) is 0 Å². The third kappa shape index (κ3) is 3.16. The molecule has 2 rings (SSSR count). The standard InChI is InChI=1S/C13H16Cl2N4S/c1-8(2)18-5-6-19(12(18)16)13(20)17-9-3-4-10(14)11(15)7-9/h3-4,7-8,16H,5-6H2,1-2H3,(H,17,20). The van der Waals surface area contributed by atoms with Crippen LogP contribution in [0.3, 0.4) is 0 Å². The van der Waals surface area contributed by atoms with Gasteiger partial charge in [0.2, 0.25) is 0 Å². The van der Waals surface area contributed by atoms with E-state index in [0.29, 0.717) is 33.7 Å². The second kappa shape index (κ2) is 6.16. The normalized spacial score (nSPS) is 15.2. The van der Waals surface area contributed by atoms with Gasteiger partial charge in [-0.05, 0) is 44.3 Å². The molecule has 1 aromatic carbocycles. The van der Waals surface area contributed by atoms with Crippen LogP contribution in [0.25, 0.3) is 0 Å². The van der Waals surface area contributed by atoms with Gasteiger partial charge in [0.05, 0.1) is 10.0 Å². The second-order valence-electron chi connectivity index (χ2n) is 4.82. The van der Waals surface area contributed by atoms with Crippen molar-refractivity contribution in [3.8, 4) is 0 Å². The SMILES string of the molecule is CC(C)N1CCN(C(=S)Nc2ccc(Cl)c(Cl)c2)C1=N. The monoisotopic (exact) mass is 330 g/mol. The highest BCUT2D eigenvalue weighted by Gasteiger charge is 2.29. The fourth-order valence-electron chi connectivity index (χ4n) is 2.04. The Kier molecular flexibility index (Phi) is 4.73. The minimum absolute atomic E-state index is 0.292. The summed E-state index contributed by atoms with van der Waals surface area (Å²) >= 11 is 17.2. The van der Waals surface area contributed by atoms with E-state index in [2.05, 4.69) is 19.2 Å². The summed E-state index contributed by atoms with van der Waals surface area (Å²) in [4.78, 5) is 3.78. The van der Waals surface area contributed by atoms with Crippen LogP contribution in [-0.4, -0.2) is 40.0 Å². The summed E-state index contributed by atoms with van der Waals surface area (Å²) in [7, 11) is 0. The van der Waals surface area contributed by atoms with Gasteiger partial charge in [-0.15, -0.1) is 0 Å². The third-order valence-electron chi connectivity index (χ3n) is 3.13. The average Bonchev–Trinajstić information content (AvgIpc) is 2.76.